The molecule has 1 aliphatic rings. The molecule has 1 aliphatic carbocycles. The fourth-order valence-corrected chi connectivity index (χ4v) is 4.59. The van der Waals surface area contributed by atoms with E-state index in [0.717, 1.165) is 50.8 Å². The van der Waals surface area contributed by atoms with Crippen molar-refractivity contribution in [2.75, 3.05) is 5.32 Å². The van der Waals surface area contributed by atoms with Crippen molar-refractivity contribution < 1.29 is 4.74 Å². The van der Waals surface area contributed by atoms with Crippen molar-refractivity contribution in [3.8, 4) is 22.6 Å². The van der Waals surface area contributed by atoms with Gasteiger partial charge in [0.2, 0.25) is 0 Å². The molecule has 146 valence electrons. The number of aromatic amines is 1. The van der Waals surface area contributed by atoms with Crippen LogP contribution in [0.1, 0.15) is 25.7 Å². The minimum atomic E-state index is 0.328. The molecular weight excluding hydrogens is 382 g/mol. The van der Waals surface area contributed by atoms with E-state index in [2.05, 4.69) is 27.1 Å². The first-order chi connectivity index (χ1) is 14.3. The van der Waals surface area contributed by atoms with Crippen molar-refractivity contribution in [3.63, 3.8) is 0 Å². The number of nitrogens with one attached hydrogen (secondary N) is 2. The average molecular weight is 404 g/mol. The lowest BCUT2D eigenvalue weighted by Gasteiger charge is -2.25. The summed E-state index contributed by atoms with van der Waals surface area (Å²) >= 11 is 1.65. The van der Waals surface area contributed by atoms with Crippen molar-refractivity contribution in [2.24, 2.45) is 0 Å². The standard InChI is InChI=1S/C22H21N5OS/c1-14-4-2-3-5-18(14)26-22-27-19-7-6-16(10-21(19)29-22)28-20-8-9-23-13-17(20)15-11-24-25-12-15/h6-13,18H,1-5H2,(H,24,25)(H,26,27)/t18-/m1/s1. The van der Waals surface area contributed by atoms with Crippen LogP contribution in [0.3, 0.4) is 0 Å². The Kier molecular flexibility index (Phi) is 4.73. The Bertz CT molecular complexity index is 1150. The summed E-state index contributed by atoms with van der Waals surface area (Å²) in [5.41, 5.74) is 4.08. The van der Waals surface area contributed by atoms with Crippen molar-refractivity contribution in [1.82, 2.24) is 20.2 Å². The zero-order valence-electron chi connectivity index (χ0n) is 15.9. The molecule has 1 atom stereocenters. The summed E-state index contributed by atoms with van der Waals surface area (Å²) in [4.78, 5) is 8.95. The highest BCUT2D eigenvalue weighted by Gasteiger charge is 2.18. The van der Waals surface area contributed by atoms with Crippen LogP contribution in [0.4, 0.5) is 5.13 Å². The summed E-state index contributed by atoms with van der Waals surface area (Å²) in [5.74, 6) is 1.51. The molecule has 0 unspecified atom stereocenters. The van der Waals surface area contributed by atoms with Crippen LogP contribution in [0, 0.1) is 0 Å². The van der Waals surface area contributed by atoms with Gasteiger partial charge in [-0.05, 0) is 37.5 Å². The highest BCUT2D eigenvalue weighted by molar-refractivity contribution is 7.22. The quantitative estimate of drug-likeness (QED) is 0.413. The molecule has 0 bridgehead atoms. The van der Waals surface area contributed by atoms with Crippen LogP contribution < -0.4 is 10.1 Å². The summed E-state index contributed by atoms with van der Waals surface area (Å²) in [6.07, 6.45) is 11.8. The maximum Gasteiger partial charge on any atom is 0.184 e. The second kappa shape index (κ2) is 7.67. The number of ether oxygens (including phenoxy) is 1. The number of benzene rings is 1. The number of H-pyrrole nitrogens is 1. The van der Waals surface area contributed by atoms with E-state index < -0.39 is 0 Å². The number of aromatic nitrogens is 4. The molecule has 5 rings (SSSR count). The largest absolute Gasteiger partial charge is 0.457 e. The van der Waals surface area contributed by atoms with Gasteiger partial charge in [-0.3, -0.25) is 10.1 Å². The van der Waals surface area contributed by atoms with E-state index in [1.54, 1.807) is 29.9 Å². The Balaban J connectivity index is 1.39. The van der Waals surface area contributed by atoms with Gasteiger partial charge in [-0.25, -0.2) is 4.98 Å². The lowest BCUT2D eigenvalue weighted by molar-refractivity contribution is 0.484. The second-order valence-electron chi connectivity index (χ2n) is 7.21. The monoisotopic (exact) mass is 403 g/mol. The number of pyridine rings is 1. The van der Waals surface area contributed by atoms with E-state index in [1.807, 2.05) is 30.5 Å². The van der Waals surface area contributed by atoms with Crippen molar-refractivity contribution >= 4 is 26.7 Å². The van der Waals surface area contributed by atoms with Gasteiger partial charge in [0.05, 0.1) is 16.4 Å². The van der Waals surface area contributed by atoms with E-state index >= 15 is 0 Å². The first-order valence-corrected chi connectivity index (χ1v) is 10.5. The zero-order valence-corrected chi connectivity index (χ0v) is 16.7. The molecule has 1 fully saturated rings. The zero-order chi connectivity index (χ0) is 19.6. The number of hydrogen-bond acceptors (Lipinski definition) is 6. The van der Waals surface area contributed by atoms with E-state index in [1.165, 1.54) is 18.4 Å². The van der Waals surface area contributed by atoms with Gasteiger partial charge in [-0.15, -0.1) is 0 Å². The van der Waals surface area contributed by atoms with Gasteiger partial charge in [0.1, 0.15) is 11.5 Å². The van der Waals surface area contributed by atoms with Gasteiger partial charge in [-0.1, -0.05) is 29.9 Å². The van der Waals surface area contributed by atoms with Gasteiger partial charge >= 0.3 is 0 Å². The number of thiazole rings is 1. The lowest BCUT2D eigenvalue weighted by Crippen LogP contribution is -2.24. The molecule has 29 heavy (non-hydrogen) atoms. The molecule has 3 heterocycles. The SMILES string of the molecule is C=C1CCCC[C@H]1Nc1nc2ccc(Oc3ccncc3-c3cn[nH]c3)cc2s1. The van der Waals surface area contributed by atoms with Crippen LogP contribution in [0.25, 0.3) is 21.3 Å². The predicted octanol–water partition coefficient (Wildman–Crippen LogP) is 5.78. The Morgan fingerprint density at radius 1 is 1.21 bits per heavy atom. The van der Waals surface area contributed by atoms with Crippen LogP contribution in [-0.4, -0.2) is 26.2 Å². The van der Waals surface area contributed by atoms with Gasteiger partial charge in [-0.2, -0.15) is 5.10 Å². The van der Waals surface area contributed by atoms with E-state index in [-0.39, 0.29) is 0 Å². The third-order valence-corrected chi connectivity index (χ3v) is 6.16. The minimum absolute atomic E-state index is 0.328. The smallest absolute Gasteiger partial charge is 0.184 e. The Labute approximate surface area is 172 Å². The summed E-state index contributed by atoms with van der Waals surface area (Å²) in [6, 6.07) is 8.18. The van der Waals surface area contributed by atoms with Crippen LogP contribution in [-0.2, 0) is 0 Å². The molecule has 3 aromatic heterocycles. The fraction of sp³-hybridized carbons (Fsp3) is 0.227. The normalized spacial score (nSPS) is 16.8. The molecular formula is C22H21N5OS. The number of fused-ring (bicyclic) bond motifs is 1. The van der Waals surface area contributed by atoms with Crippen LogP contribution >= 0.6 is 11.3 Å². The first-order valence-electron chi connectivity index (χ1n) is 9.72. The highest BCUT2D eigenvalue weighted by Crippen LogP contribution is 2.36. The van der Waals surface area contributed by atoms with Crippen LogP contribution in [0.2, 0.25) is 0 Å². The minimum Gasteiger partial charge on any atom is -0.457 e. The molecule has 0 aliphatic heterocycles. The Morgan fingerprint density at radius 3 is 3.03 bits per heavy atom. The van der Waals surface area contributed by atoms with Crippen LogP contribution in [0.5, 0.6) is 11.5 Å². The summed E-state index contributed by atoms with van der Waals surface area (Å²) in [5, 5.41) is 11.3. The maximum atomic E-state index is 6.18. The second-order valence-corrected chi connectivity index (χ2v) is 8.24. The predicted molar refractivity (Wildman–Crippen MR) is 117 cm³/mol. The summed E-state index contributed by atoms with van der Waals surface area (Å²) < 4.78 is 7.27. The molecule has 7 heteroatoms. The third-order valence-electron chi connectivity index (χ3n) is 5.21. The van der Waals surface area contributed by atoms with E-state index in [4.69, 9.17) is 9.72 Å². The molecule has 6 nitrogen and oxygen atoms in total. The molecule has 1 aromatic carbocycles. The molecule has 1 saturated carbocycles. The van der Waals surface area contributed by atoms with Crippen LogP contribution in [0.15, 0.2) is 61.2 Å². The van der Waals surface area contributed by atoms with Gasteiger partial charge in [0, 0.05) is 41.8 Å². The Morgan fingerprint density at radius 2 is 2.17 bits per heavy atom. The molecule has 0 saturated heterocycles. The molecule has 0 radical (unpaired) electrons. The summed E-state index contributed by atoms with van der Waals surface area (Å²) in [7, 11) is 0. The van der Waals surface area contributed by atoms with E-state index in [9.17, 15) is 0 Å². The summed E-state index contributed by atoms with van der Waals surface area (Å²) in [6.45, 7) is 4.22. The van der Waals surface area contributed by atoms with Gasteiger partial charge in [0.25, 0.3) is 0 Å². The molecule has 4 aromatic rings. The van der Waals surface area contributed by atoms with Crippen molar-refractivity contribution in [3.05, 3.63) is 61.2 Å². The number of nitrogens with zero attached hydrogens (tertiary/aromatic N) is 3. The topological polar surface area (TPSA) is 75.7 Å². The fourth-order valence-electron chi connectivity index (χ4n) is 3.64. The van der Waals surface area contributed by atoms with Crippen molar-refractivity contribution in [2.45, 2.75) is 31.7 Å². The number of hydrogen-bond donors (Lipinski definition) is 2. The highest BCUT2D eigenvalue weighted by atomic mass is 32.1. The van der Waals surface area contributed by atoms with E-state index in [0.29, 0.717) is 6.04 Å². The molecule has 2 N–H and O–H groups in total. The van der Waals surface area contributed by atoms with Gasteiger partial charge in [0.15, 0.2) is 5.13 Å². The first kappa shape index (κ1) is 17.9. The maximum absolute atomic E-state index is 6.18. The number of anilines is 1. The van der Waals surface area contributed by atoms with Crippen molar-refractivity contribution in [1.29, 1.82) is 0 Å². The molecule has 0 amide bonds. The average Bonchev–Trinajstić information content (AvgIpc) is 3.39. The number of rotatable bonds is 5. The lowest BCUT2D eigenvalue weighted by atomic mass is 9.91. The third kappa shape index (κ3) is 3.73. The van der Waals surface area contributed by atoms with Gasteiger partial charge < -0.3 is 10.1 Å². The molecule has 0 spiro atoms. The Hall–Kier alpha value is -3.19.